The number of carbonyl (C=O) groups is 1. The van der Waals surface area contributed by atoms with Crippen molar-refractivity contribution in [3.05, 3.63) is 12.2 Å². The van der Waals surface area contributed by atoms with Gasteiger partial charge in [0, 0.05) is 6.54 Å². The zero-order valence-electron chi connectivity index (χ0n) is 8.23. The highest BCUT2D eigenvalue weighted by Gasteiger charge is 2.26. The van der Waals surface area contributed by atoms with Crippen LogP contribution in [0.25, 0.3) is 0 Å². The Balaban J connectivity index is 4.15. The van der Waals surface area contributed by atoms with E-state index in [0.717, 1.165) is 6.92 Å². The molecule has 0 aliphatic rings. The van der Waals surface area contributed by atoms with Crippen LogP contribution < -0.4 is 4.72 Å². The number of carboxylic acid groups (broad SMARTS) is 1. The molecule has 1 atom stereocenters. The van der Waals surface area contributed by atoms with Crippen molar-refractivity contribution < 1.29 is 18.3 Å². The van der Waals surface area contributed by atoms with Crippen LogP contribution in [0, 0.1) is 0 Å². The summed E-state index contributed by atoms with van der Waals surface area (Å²) in [5.41, 5.74) is 0. The number of carboxylic acids is 1. The van der Waals surface area contributed by atoms with E-state index in [1.807, 2.05) is 6.92 Å². The normalized spacial score (nSPS) is 14.4. The van der Waals surface area contributed by atoms with Gasteiger partial charge in [0.1, 0.15) is 0 Å². The lowest BCUT2D eigenvalue weighted by molar-refractivity contribution is -0.136. The minimum atomic E-state index is -3.72. The first-order valence-corrected chi connectivity index (χ1v) is 5.79. The Kier molecular flexibility index (Phi) is 5.40. The van der Waals surface area contributed by atoms with Crippen LogP contribution >= 0.6 is 0 Å². The first-order chi connectivity index (χ1) is 6.41. The number of nitrogens with one attached hydrogen (secondary N) is 1. The second-order valence-corrected chi connectivity index (χ2v) is 4.86. The molecule has 0 aliphatic heterocycles. The summed E-state index contributed by atoms with van der Waals surface area (Å²) in [5.74, 6) is -1.34. The van der Waals surface area contributed by atoms with E-state index in [1.165, 1.54) is 0 Å². The Hall–Kier alpha value is -0.880. The maximum absolute atomic E-state index is 11.2. The molecule has 0 aromatic carbocycles. The fourth-order valence-electron chi connectivity index (χ4n) is 0.709. The summed E-state index contributed by atoms with van der Waals surface area (Å²) in [4.78, 5) is 10.4. The van der Waals surface area contributed by atoms with E-state index in [2.05, 4.69) is 4.72 Å². The second-order valence-electron chi connectivity index (χ2n) is 2.78. The van der Waals surface area contributed by atoms with E-state index in [4.69, 9.17) is 5.11 Å². The van der Waals surface area contributed by atoms with E-state index in [1.54, 1.807) is 12.2 Å². The van der Waals surface area contributed by atoms with Crippen LogP contribution in [-0.4, -0.2) is 31.3 Å². The Labute approximate surface area is 83.9 Å². The monoisotopic (exact) mass is 221 g/mol. The predicted octanol–water partition coefficient (Wildman–Crippen LogP) is 0.345. The zero-order chi connectivity index (χ0) is 11.2. The summed E-state index contributed by atoms with van der Waals surface area (Å²) >= 11 is 0. The number of hydrogen-bond acceptors (Lipinski definition) is 3. The molecule has 0 aromatic heterocycles. The van der Waals surface area contributed by atoms with Gasteiger partial charge < -0.3 is 5.11 Å². The van der Waals surface area contributed by atoms with Crippen LogP contribution in [0.15, 0.2) is 12.2 Å². The maximum Gasteiger partial charge on any atom is 0.323 e. The zero-order valence-corrected chi connectivity index (χ0v) is 9.04. The van der Waals surface area contributed by atoms with Crippen molar-refractivity contribution in [2.75, 3.05) is 6.54 Å². The van der Waals surface area contributed by atoms with Gasteiger partial charge in [0.05, 0.1) is 0 Å². The molecule has 14 heavy (non-hydrogen) atoms. The maximum atomic E-state index is 11.2. The van der Waals surface area contributed by atoms with Gasteiger partial charge in [-0.2, -0.15) is 0 Å². The van der Waals surface area contributed by atoms with Crippen molar-refractivity contribution in [2.45, 2.75) is 25.5 Å². The molecular formula is C8H15NO4S. The van der Waals surface area contributed by atoms with Crippen LogP contribution in [0.2, 0.25) is 0 Å². The second kappa shape index (κ2) is 5.77. The van der Waals surface area contributed by atoms with Crippen LogP contribution in [0.1, 0.15) is 20.3 Å². The van der Waals surface area contributed by atoms with Gasteiger partial charge in [0.15, 0.2) is 5.25 Å². The van der Waals surface area contributed by atoms with Gasteiger partial charge >= 0.3 is 5.97 Å². The summed E-state index contributed by atoms with van der Waals surface area (Å²) in [6, 6.07) is 0. The van der Waals surface area contributed by atoms with Gasteiger partial charge in [-0.1, -0.05) is 12.2 Å². The van der Waals surface area contributed by atoms with Crippen molar-refractivity contribution >= 4 is 16.0 Å². The summed E-state index contributed by atoms with van der Waals surface area (Å²) in [5, 5.41) is 7.08. The highest BCUT2D eigenvalue weighted by atomic mass is 32.2. The van der Waals surface area contributed by atoms with Crippen molar-refractivity contribution in [1.82, 2.24) is 4.72 Å². The third-order valence-corrected chi connectivity index (χ3v) is 3.40. The lowest BCUT2D eigenvalue weighted by Crippen LogP contribution is -2.37. The highest BCUT2D eigenvalue weighted by molar-refractivity contribution is 7.90. The number of aliphatic carboxylic acids is 1. The first kappa shape index (κ1) is 13.1. The van der Waals surface area contributed by atoms with E-state index in [9.17, 15) is 13.2 Å². The Bertz CT molecular complexity index is 307. The van der Waals surface area contributed by atoms with Crippen LogP contribution in [-0.2, 0) is 14.8 Å². The molecule has 6 heteroatoms. The van der Waals surface area contributed by atoms with Gasteiger partial charge in [-0.15, -0.1) is 0 Å². The number of hydrogen-bond donors (Lipinski definition) is 2. The highest BCUT2D eigenvalue weighted by Crippen LogP contribution is 1.98. The van der Waals surface area contributed by atoms with Crippen molar-refractivity contribution in [3.8, 4) is 0 Å². The summed E-state index contributed by atoms with van der Waals surface area (Å²) in [6.45, 7) is 3.19. The molecule has 0 amide bonds. The van der Waals surface area contributed by atoms with Gasteiger partial charge in [0.25, 0.3) is 0 Å². The minimum Gasteiger partial charge on any atom is -0.480 e. The third-order valence-electron chi connectivity index (χ3n) is 1.66. The molecule has 0 saturated carbocycles. The number of rotatable bonds is 6. The van der Waals surface area contributed by atoms with Gasteiger partial charge in [-0.3, -0.25) is 4.79 Å². The molecule has 2 N–H and O–H groups in total. The fourth-order valence-corrected chi connectivity index (χ4v) is 1.63. The van der Waals surface area contributed by atoms with Crippen molar-refractivity contribution in [2.24, 2.45) is 0 Å². The largest absolute Gasteiger partial charge is 0.480 e. The molecular weight excluding hydrogens is 206 g/mol. The molecule has 0 spiro atoms. The predicted molar refractivity (Wildman–Crippen MR) is 53.5 cm³/mol. The molecule has 0 heterocycles. The average Bonchev–Trinajstić information content (AvgIpc) is 2.11. The van der Waals surface area contributed by atoms with Crippen LogP contribution in [0.4, 0.5) is 0 Å². The fraction of sp³-hybridized carbons (Fsp3) is 0.625. The van der Waals surface area contributed by atoms with Crippen LogP contribution in [0.5, 0.6) is 0 Å². The minimum absolute atomic E-state index is 0.226. The molecule has 5 nitrogen and oxygen atoms in total. The molecule has 0 fully saturated rings. The van der Waals surface area contributed by atoms with Gasteiger partial charge in [0.2, 0.25) is 10.0 Å². The number of allylic oxidation sites excluding steroid dienone is 1. The smallest absolute Gasteiger partial charge is 0.323 e. The standard InChI is InChI=1S/C8H15NO4S/c1-3-4-5-6-9-14(12,13)7(2)8(10)11/h3-4,7,9H,5-6H2,1-2H3,(H,10,11)/b4-3+. The van der Waals surface area contributed by atoms with E-state index in [-0.39, 0.29) is 6.54 Å². The van der Waals surface area contributed by atoms with E-state index >= 15 is 0 Å². The van der Waals surface area contributed by atoms with E-state index in [0.29, 0.717) is 6.42 Å². The summed E-state index contributed by atoms with van der Waals surface area (Å²) in [7, 11) is -3.72. The molecule has 0 saturated heterocycles. The Morgan fingerprint density at radius 1 is 1.57 bits per heavy atom. The summed E-state index contributed by atoms with van der Waals surface area (Å²) < 4.78 is 24.7. The average molecular weight is 221 g/mol. The first-order valence-electron chi connectivity index (χ1n) is 4.24. The molecule has 82 valence electrons. The van der Waals surface area contributed by atoms with Crippen molar-refractivity contribution in [1.29, 1.82) is 0 Å². The lowest BCUT2D eigenvalue weighted by atomic mass is 10.4. The molecule has 1 unspecified atom stereocenters. The molecule has 0 aliphatic carbocycles. The molecule has 0 bridgehead atoms. The Morgan fingerprint density at radius 2 is 2.14 bits per heavy atom. The lowest BCUT2D eigenvalue weighted by Gasteiger charge is -2.08. The number of sulfonamides is 1. The quantitative estimate of drug-likeness (QED) is 0.500. The van der Waals surface area contributed by atoms with E-state index < -0.39 is 21.2 Å². The van der Waals surface area contributed by atoms with Crippen molar-refractivity contribution in [3.63, 3.8) is 0 Å². The SMILES string of the molecule is C/C=C/CCNS(=O)(=O)C(C)C(=O)O. The topological polar surface area (TPSA) is 83.5 Å². The molecule has 0 radical (unpaired) electrons. The molecule has 0 aromatic rings. The Morgan fingerprint density at radius 3 is 2.57 bits per heavy atom. The van der Waals surface area contributed by atoms with Gasteiger partial charge in [-0.25, -0.2) is 13.1 Å². The summed E-state index contributed by atoms with van der Waals surface area (Å²) in [6.07, 6.45) is 4.16. The van der Waals surface area contributed by atoms with Gasteiger partial charge in [-0.05, 0) is 20.3 Å². The molecule has 0 rings (SSSR count). The van der Waals surface area contributed by atoms with Crippen LogP contribution in [0.3, 0.4) is 0 Å². The third kappa shape index (κ3) is 4.38.